The van der Waals surface area contributed by atoms with Gasteiger partial charge in [0.1, 0.15) is 12.4 Å². The summed E-state index contributed by atoms with van der Waals surface area (Å²) in [7, 11) is 0. The van der Waals surface area contributed by atoms with Gasteiger partial charge >= 0.3 is 6.09 Å². The van der Waals surface area contributed by atoms with E-state index in [1.807, 2.05) is 30.3 Å². The molecule has 0 aromatic heterocycles. The Hall–Kier alpha value is -1.84. The molecular weight excluding hydrogens is 254 g/mol. The van der Waals surface area contributed by atoms with Crippen LogP contribution in [-0.2, 0) is 16.1 Å². The smallest absolute Gasteiger partial charge is 0.407 e. The molecule has 0 saturated heterocycles. The van der Waals surface area contributed by atoms with Crippen LogP contribution in [0, 0.1) is 11.3 Å². The van der Waals surface area contributed by atoms with Crippen LogP contribution in [0.25, 0.3) is 0 Å². The minimum absolute atomic E-state index is 0.301. The number of nitrogens with one attached hydrogen (secondary N) is 1. The molecule has 3 rings (SSSR count). The summed E-state index contributed by atoms with van der Waals surface area (Å²) in [5, 5.41) is 2.81. The standard InChI is InChI=1S/C16H19NO3/c18-14-8-16(9-14)6-13(7-16)10-17-15(19)20-11-12-4-2-1-3-5-12/h1-5,13H,6-11H2,(H,17,19). The summed E-state index contributed by atoms with van der Waals surface area (Å²) in [4.78, 5) is 22.6. The van der Waals surface area contributed by atoms with Crippen molar-refractivity contribution in [3.8, 4) is 0 Å². The van der Waals surface area contributed by atoms with Gasteiger partial charge < -0.3 is 10.1 Å². The van der Waals surface area contributed by atoms with Gasteiger partial charge in [-0.2, -0.15) is 0 Å². The van der Waals surface area contributed by atoms with Crippen LogP contribution in [0.1, 0.15) is 31.2 Å². The van der Waals surface area contributed by atoms with Gasteiger partial charge in [-0.05, 0) is 29.7 Å². The first-order valence-corrected chi connectivity index (χ1v) is 7.11. The third-order valence-electron chi connectivity index (χ3n) is 4.34. The molecule has 0 radical (unpaired) electrons. The Balaban J connectivity index is 1.31. The number of rotatable bonds is 4. The maximum absolute atomic E-state index is 11.6. The van der Waals surface area contributed by atoms with Crippen molar-refractivity contribution in [1.82, 2.24) is 5.32 Å². The highest BCUT2D eigenvalue weighted by molar-refractivity contribution is 5.86. The number of carbonyl (C=O) groups excluding carboxylic acids is 2. The van der Waals surface area contributed by atoms with Gasteiger partial charge in [0, 0.05) is 19.4 Å². The topological polar surface area (TPSA) is 55.4 Å². The summed E-state index contributed by atoms with van der Waals surface area (Å²) in [5.74, 6) is 0.894. The molecule has 1 amide bonds. The van der Waals surface area contributed by atoms with Crippen LogP contribution in [0.2, 0.25) is 0 Å². The molecule has 1 aromatic carbocycles. The van der Waals surface area contributed by atoms with E-state index in [1.165, 1.54) is 0 Å². The number of Topliss-reactive ketones (excluding diaryl/α,β-unsaturated/α-hetero) is 1. The molecule has 4 nitrogen and oxygen atoms in total. The Morgan fingerprint density at radius 1 is 1.25 bits per heavy atom. The monoisotopic (exact) mass is 273 g/mol. The lowest BCUT2D eigenvalue weighted by Crippen LogP contribution is -2.50. The molecule has 1 spiro atoms. The van der Waals surface area contributed by atoms with E-state index in [0.717, 1.165) is 31.2 Å². The van der Waals surface area contributed by atoms with Crippen molar-refractivity contribution in [2.75, 3.05) is 6.54 Å². The maximum Gasteiger partial charge on any atom is 0.407 e. The van der Waals surface area contributed by atoms with Crippen LogP contribution in [0.15, 0.2) is 30.3 Å². The first kappa shape index (κ1) is 13.2. The Morgan fingerprint density at radius 3 is 2.60 bits per heavy atom. The molecule has 0 unspecified atom stereocenters. The predicted molar refractivity (Wildman–Crippen MR) is 74.0 cm³/mol. The van der Waals surface area contributed by atoms with Gasteiger partial charge in [0.15, 0.2) is 0 Å². The molecule has 0 bridgehead atoms. The zero-order valence-electron chi connectivity index (χ0n) is 11.4. The summed E-state index contributed by atoms with van der Waals surface area (Å²) in [6.07, 6.45) is 3.28. The Morgan fingerprint density at radius 2 is 1.95 bits per heavy atom. The maximum atomic E-state index is 11.6. The zero-order chi connectivity index (χ0) is 14.0. The molecule has 2 saturated carbocycles. The summed E-state index contributed by atoms with van der Waals surface area (Å²) in [6.45, 7) is 0.958. The second kappa shape index (κ2) is 5.27. The number of hydrogen-bond donors (Lipinski definition) is 1. The third kappa shape index (κ3) is 2.84. The van der Waals surface area contributed by atoms with Crippen molar-refractivity contribution in [3.63, 3.8) is 0 Å². The van der Waals surface area contributed by atoms with Gasteiger partial charge in [-0.3, -0.25) is 4.79 Å². The SMILES string of the molecule is O=C1CC2(C1)CC(CNC(=O)OCc1ccccc1)C2. The van der Waals surface area contributed by atoms with Crippen LogP contribution < -0.4 is 5.32 Å². The molecule has 1 N–H and O–H groups in total. The molecule has 0 aliphatic heterocycles. The minimum atomic E-state index is -0.362. The molecule has 1 aromatic rings. The van der Waals surface area contributed by atoms with Crippen LogP contribution in [0.5, 0.6) is 0 Å². The highest BCUT2D eigenvalue weighted by Crippen LogP contribution is 2.56. The van der Waals surface area contributed by atoms with Gasteiger partial charge in [0.25, 0.3) is 0 Å². The summed E-state index contributed by atoms with van der Waals surface area (Å²) in [5.41, 5.74) is 1.29. The summed E-state index contributed by atoms with van der Waals surface area (Å²) < 4.78 is 5.15. The van der Waals surface area contributed by atoms with Crippen LogP contribution in [0.3, 0.4) is 0 Å². The lowest BCUT2D eigenvalue weighted by atomic mass is 9.51. The third-order valence-corrected chi connectivity index (χ3v) is 4.34. The van der Waals surface area contributed by atoms with E-state index in [2.05, 4.69) is 5.32 Å². The van der Waals surface area contributed by atoms with E-state index >= 15 is 0 Å². The second-order valence-electron chi connectivity index (χ2n) is 6.11. The zero-order valence-corrected chi connectivity index (χ0v) is 11.4. The lowest BCUT2D eigenvalue weighted by Gasteiger charge is -2.53. The molecule has 0 atom stereocenters. The predicted octanol–water partition coefficient (Wildman–Crippen LogP) is 2.67. The van der Waals surface area contributed by atoms with E-state index in [9.17, 15) is 9.59 Å². The largest absolute Gasteiger partial charge is 0.445 e. The van der Waals surface area contributed by atoms with Crippen molar-refractivity contribution in [2.45, 2.75) is 32.3 Å². The summed E-state index contributed by atoms with van der Waals surface area (Å²) in [6, 6.07) is 9.63. The average molecular weight is 273 g/mol. The molecule has 2 fully saturated rings. The number of ether oxygens (including phenoxy) is 1. The van der Waals surface area contributed by atoms with E-state index in [4.69, 9.17) is 4.74 Å². The average Bonchev–Trinajstić information content (AvgIpc) is 2.38. The molecule has 2 aliphatic carbocycles. The molecule has 0 heterocycles. The van der Waals surface area contributed by atoms with Crippen molar-refractivity contribution in [2.24, 2.45) is 11.3 Å². The molecule has 2 aliphatic rings. The fraction of sp³-hybridized carbons (Fsp3) is 0.500. The Labute approximate surface area is 118 Å². The lowest BCUT2D eigenvalue weighted by molar-refractivity contribution is -0.141. The van der Waals surface area contributed by atoms with Crippen molar-refractivity contribution >= 4 is 11.9 Å². The number of carbonyl (C=O) groups is 2. The Kier molecular flexibility index (Phi) is 3.47. The van der Waals surface area contributed by atoms with Crippen LogP contribution in [-0.4, -0.2) is 18.4 Å². The molecule has 4 heteroatoms. The first-order chi connectivity index (χ1) is 9.65. The number of amides is 1. The number of hydrogen-bond acceptors (Lipinski definition) is 3. The second-order valence-corrected chi connectivity index (χ2v) is 6.11. The quantitative estimate of drug-likeness (QED) is 0.917. The van der Waals surface area contributed by atoms with E-state index in [0.29, 0.717) is 30.3 Å². The molecule has 20 heavy (non-hydrogen) atoms. The number of benzene rings is 1. The van der Waals surface area contributed by atoms with Gasteiger partial charge in [0.2, 0.25) is 0 Å². The summed E-state index contributed by atoms with van der Waals surface area (Å²) >= 11 is 0. The number of ketones is 1. The van der Waals surface area contributed by atoms with Gasteiger partial charge in [-0.15, -0.1) is 0 Å². The van der Waals surface area contributed by atoms with Crippen molar-refractivity contribution in [1.29, 1.82) is 0 Å². The van der Waals surface area contributed by atoms with Crippen LogP contribution >= 0.6 is 0 Å². The van der Waals surface area contributed by atoms with Gasteiger partial charge in [-0.25, -0.2) is 4.79 Å². The molecule has 106 valence electrons. The van der Waals surface area contributed by atoms with Gasteiger partial charge in [-0.1, -0.05) is 30.3 Å². The highest BCUT2D eigenvalue weighted by atomic mass is 16.5. The first-order valence-electron chi connectivity index (χ1n) is 7.11. The van der Waals surface area contributed by atoms with Crippen LogP contribution in [0.4, 0.5) is 4.79 Å². The van der Waals surface area contributed by atoms with Crippen molar-refractivity contribution < 1.29 is 14.3 Å². The van der Waals surface area contributed by atoms with Crippen molar-refractivity contribution in [3.05, 3.63) is 35.9 Å². The fourth-order valence-electron chi connectivity index (χ4n) is 3.38. The highest BCUT2D eigenvalue weighted by Gasteiger charge is 2.52. The number of alkyl carbamates (subject to hydrolysis) is 1. The fourth-order valence-corrected chi connectivity index (χ4v) is 3.38. The van der Waals surface area contributed by atoms with E-state index < -0.39 is 0 Å². The van der Waals surface area contributed by atoms with E-state index in [1.54, 1.807) is 0 Å². The Bertz CT molecular complexity index is 496. The normalized spacial score (nSPS) is 20.1. The van der Waals surface area contributed by atoms with E-state index in [-0.39, 0.29) is 6.09 Å². The minimum Gasteiger partial charge on any atom is -0.445 e. The molecular formula is C16H19NO3. The van der Waals surface area contributed by atoms with Gasteiger partial charge in [0.05, 0.1) is 0 Å².